The number of hydrogen-bond donors (Lipinski definition) is 1. The molecule has 3 aromatic heterocycles. The van der Waals surface area contributed by atoms with Crippen molar-refractivity contribution >= 4 is 5.65 Å². The van der Waals surface area contributed by atoms with Crippen molar-refractivity contribution in [3.05, 3.63) is 36.7 Å². The Hall–Kier alpha value is -2.30. The molecule has 5 nitrogen and oxygen atoms in total. The summed E-state index contributed by atoms with van der Waals surface area (Å²) >= 11 is 0. The third-order valence-electron chi connectivity index (χ3n) is 2.06. The molecule has 0 aliphatic carbocycles. The molecule has 15 heavy (non-hydrogen) atoms. The Labute approximate surface area is 84.6 Å². The van der Waals surface area contributed by atoms with Gasteiger partial charge in [0, 0.05) is 0 Å². The van der Waals surface area contributed by atoms with Crippen molar-refractivity contribution in [2.75, 3.05) is 0 Å². The topological polar surface area (TPSA) is 63.6 Å². The smallest absolute Gasteiger partial charge is 0.217 e. The fraction of sp³-hybridized carbons (Fsp3) is 0. The maximum absolute atomic E-state index is 9.26. The molecule has 0 saturated heterocycles. The number of pyridine rings is 1. The van der Waals surface area contributed by atoms with E-state index in [1.807, 2.05) is 0 Å². The van der Waals surface area contributed by atoms with Gasteiger partial charge in [-0.1, -0.05) is 0 Å². The standard InChI is InChI=1S/C10H7N3O2/c14-7-3-4-9-11-10(12-13(9)6-7)8-2-1-5-15-8/h1-6,14H. The van der Waals surface area contributed by atoms with Gasteiger partial charge in [-0.15, -0.1) is 5.10 Å². The fourth-order valence-electron chi connectivity index (χ4n) is 1.38. The van der Waals surface area contributed by atoms with Gasteiger partial charge < -0.3 is 9.52 Å². The molecule has 0 aliphatic rings. The molecule has 3 rings (SSSR count). The summed E-state index contributed by atoms with van der Waals surface area (Å²) in [4.78, 5) is 4.24. The average molecular weight is 201 g/mol. The largest absolute Gasteiger partial charge is 0.506 e. The molecular formula is C10H7N3O2. The zero-order chi connectivity index (χ0) is 10.3. The van der Waals surface area contributed by atoms with Crippen LogP contribution in [0.1, 0.15) is 0 Å². The Kier molecular flexibility index (Phi) is 1.53. The first-order valence-corrected chi connectivity index (χ1v) is 4.42. The van der Waals surface area contributed by atoms with Crippen LogP contribution in [0.4, 0.5) is 0 Å². The van der Waals surface area contributed by atoms with Crippen LogP contribution in [0.3, 0.4) is 0 Å². The lowest BCUT2D eigenvalue weighted by molar-refractivity contribution is 0.470. The van der Waals surface area contributed by atoms with Crippen molar-refractivity contribution in [3.63, 3.8) is 0 Å². The second-order valence-electron chi connectivity index (χ2n) is 3.10. The van der Waals surface area contributed by atoms with Crippen LogP contribution in [-0.4, -0.2) is 19.7 Å². The lowest BCUT2D eigenvalue weighted by Gasteiger charge is -1.90. The Morgan fingerprint density at radius 2 is 2.20 bits per heavy atom. The van der Waals surface area contributed by atoms with Gasteiger partial charge in [-0.3, -0.25) is 0 Å². The molecule has 0 spiro atoms. The first kappa shape index (κ1) is 8.05. The van der Waals surface area contributed by atoms with Crippen LogP contribution in [0.2, 0.25) is 0 Å². The Bertz CT molecular complexity index is 598. The minimum absolute atomic E-state index is 0.151. The van der Waals surface area contributed by atoms with Crippen LogP contribution in [0.5, 0.6) is 5.75 Å². The summed E-state index contributed by atoms with van der Waals surface area (Å²) in [6, 6.07) is 6.82. The van der Waals surface area contributed by atoms with Crippen LogP contribution >= 0.6 is 0 Å². The molecule has 0 aromatic carbocycles. The normalized spacial score (nSPS) is 10.9. The predicted octanol–water partition coefficient (Wildman–Crippen LogP) is 1.69. The lowest BCUT2D eigenvalue weighted by atomic mass is 10.4. The zero-order valence-electron chi connectivity index (χ0n) is 7.66. The third kappa shape index (κ3) is 1.25. The monoisotopic (exact) mass is 201 g/mol. The maximum Gasteiger partial charge on any atom is 0.217 e. The van der Waals surface area contributed by atoms with Gasteiger partial charge in [0.25, 0.3) is 0 Å². The Morgan fingerprint density at radius 1 is 1.27 bits per heavy atom. The van der Waals surface area contributed by atoms with Crippen molar-refractivity contribution in [2.45, 2.75) is 0 Å². The quantitative estimate of drug-likeness (QED) is 0.650. The zero-order valence-corrected chi connectivity index (χ0v) is 7.66. The lowest BCUT2D eigenvalue weighted by Crippen LogP contribution is -1.85. The van der Waals surface area contributed by atoms with Gasteiger partial charge in [0.1, 0.15) is 5.75 Å². The van der Waals surface area contributed by atoms with E-state index in [-0.39, 0.29) is 5.75 Å². The number of rotatable bonds is 1. The maximum atomic E-state index is 9.26. The molecule has 5 heteroatoms. The van der Waals surface area contributed by atoms with Gasteiger partial charge in [0.05, 0.1) is 12.5 Å². The molecule has 0 bridgehead atoms. The van der Waals surface area contributed by atoms with Crippen LogP contribution in [0.25, 0.3) is 17.2 Å². The molecule has 0 radical (unpaired) electrons. The number of fused-ring (bicyclic) bond motifs is 1. The van der Waals surface area contributed by atoms with Crippen LogP contribution in [-0.2, 0) is 0 Å². The van der Waals surface area contributed by atoms with Gasteiger partial charge >= 0.3 is 0 Å². The summed E-state index contributed by atoms with van der Waals surface area (Å²) in [7, 11) is 0. The minimum Gasteiger partial charge on any atom is -0.506 e. The summed E-state index contributed by atoms with van der Waals surface area (Å²) in [6.07, 6.45) is 3.06. The minimum atomic E-state index is 0.151. The highest BCUT2D eigenvalue weighted by molar-refractivity contribution is 5.52. The molecule has 3 aromatic rings. The van der Waals surface area contributed by atoms with Gasteiger partial charge in [0.15, 0.2) is 11.4 Å². The summed E-state index contributed by atoms with van der Waals surface area (Å²) in [6.45, 7) is 0. The first-order valence-electron chi connectivity index (χ1n) is 4.42. The summed E-state index contributed by atoms with van der Waals surface area (Å²) in [5.41, 5.74) is 0.666. The number of hydrogen-bond acceptors (Lipinski definition) is 4. The van der Waals surface area contributed by atoms with Crippen LogP contribution < -0.4 is 0 Å². The number of aromatic nitrogens is 3. The summed E-state index contributed by atoms with van der Waals surface area (Å²) in [5, 5.41) is 13.4. The number of aromatic hydroxyl groups is 1. The van der Waals surface area contributed by atoms with Crippen LogP contribution in [0.15, 0.2) is 41.1 Å². The van der Waals surface area contributed by atoms with Crippen molar-refractivity contribution < 1.29 is 9.52 Å². The van der Waals surface area contributed by atoms with Gasteiger partial charge in [-0.25, -0.2) is 9.50 Å². The van der Waals surface area contributed by atoms with Gasteiger partial charge in [-0.2, -0.15) is 0 Å². The fourth-order valence-corrected chi connectivity index (χ4v) is 1.38. The molecule has 0 fully saturated rings. The van der Waals surface area contributed by atoms with Crippen LogP contribution in [0, 0.1) is 0 Å². The van der Waals surface area contributed by atoms with Crippen molar-refractivity contribution in [3.8, 4) is 17.3 Å². The van der Waals surface area contributed by atoms with Crippen molar-refractivity contribution in [1.82, 2.24) is 14.6 Å². The predicted molar refractivity (Wildman–Crippen MR) is 52.4 cm³/mol. The molecule has 0 aliphatic heterocycles. The average Bonchev–Trinajstić information content (AvgIpc) is 2.84. The molecule has 0 unspecified atom stereocenters. The number of furan rings is 1. The Balaban J connectivity index is 2.22. The first-order chi connectivity index (χ1) is 7.33. The SMILES string of the molecule is Oc1ccc2nc(-c3ccco3)nn2c1. The van der Waals surface area contributed by atoms with E-state index in [0.717, 1.165) is 0 Å². The molecule has 1 N–H and O–H groups in total. The van der Waals surface area contributed by atoms with Gasteiger partial charge in [-0.05, 0) is 24.3 Å². The van der Waals surface area contributed by atoms with E-state index < -0.39 is 0 Å². The van der Waals surface area contributed by atoms with E-state index in [1.54, 1.807) is 30.5 Å². The van der Waals surface area contributed by atoms with E-state index in [0.29, 0.717) is 17.2 Å². The van der Waals surface area contributed by atoms with E-state index in [9.17, 15) is 5.11 Å². The highest BCUT2D eigenvalue weighted by Crippen LogP contribution is 2.17. The molecule has 3 heterocycles. The molecule has 0 amide bonds. The molecule has 0 atom stereocenters. The van der Waals surface area contributed by atoms with Crippen molar-refractivity contribution in [1.29, 1.82) is 0 Å². The second-order valence-corrected chi connectivity index (χ2v) is 3.10. The van der Waals surface area contributed by atoms with E-state index in [2.05, 4.69) is 10.1 Å². The second kappa shape index (κ2) is 2.84. The van der Waals surface area contributed by atoms with E-state index >= 15 is 0 Å². The highest BCUT2D eigenvalue weighted by Gasteiger charge is 2.08. The molecular weight excluding hydrogens is 194 g/mol. The molecule has 74 valence electrons. The van der Waals surface area contributed by atoms with Crippen molar-refractivity contribution in [2.24, 2.45) is 0 Å². The highest BCUT2D eigenvalue weighted by atomic mass is 16.3. The summed E-state index contributed by atoms with van der Waals surface area (Å²) < 4.78 is 6.69. The third-order valence-corrected chi connectivity index (χ3v) is 2.06. The Morgan fingerprint density at radius 3 is 3.00 bits per heavy atom. The molecule has 0 saturated carbocycles. The van der Waals surface area contributed by atoms with E-state index in [1.165, 1.54) is 10.7 Å². The van der Waals surface area contributed by atoms with Gasteiger partial charge in [0.2, 0.25) is 5.82 Å². The summed E-state index contributed by atoms with van der Waals surface area (Å²) in [5.74, 6) is 1.27. The number of nitrogens with zero attached hydrogens (tertiary/aromatic N) is 3. The van der Waals surface area contributed by atoms with E-state index in [4.69, 9.17) is 4.42 Å².